The number of hydrogen-bond donors (Lipinski definition) is 1. The van der Waals surface area contributed by atoms with Crippen molar-refractivity contribution in [1.29, 1.82) is 0 Å². The largest absolute Gasteiger partial charge is 0.493 e. The van der Waals surface area contributed by atoms with E-state index >= 15 is 0 Å². The molecule has 2 aromatic rings. The summed E-state index contributed by atoms with van der Waals surface area (Å²) in [6, 6.07) is 4.09. The normalized spacial score (nSPS) is 15.3. The monoisotopic (exact) mass is 323 g/mol. The second-order valence-electron chi connectivity index (χ2n) is 4.57. The van der Waals surface area contributed by atoms with Crippen LogP contribution in [0.25, 0.3) is 0 Å². The standard InChI is InChI=1S/C14H14BrNOS/c1-8-6-18-7-12(8)13(16)11-5-10(15)4-9-2-3-17-14(9)11/h4-7,13H,2-3,16H2,1H3. The van der Waals surface area contributed by atoms with E-state index < -0.39 is 0 Å². The Hall–Kier alpha value is -0.840. The van der Waals surface area contributed by atoms with E-state index in [0.717, 1.165) is 28.8 Å². The molecule has 2 nitrogen and oxygen atoms in total. The number of fused-ring (bicyclic) bond motifs is 1. The molecule has 3 rings (SSSR count). The minimum absolute atomic E-state index is 0.111. The lowest BCUT2D eigenvalue weighted by molar-refractivity contribution is 0.352. The summed E-state index contributed by atoms with van der Waals surface area (Å²) < 4.78 is 6.82. The van der Waals surface area contributed by atoms with Gasteiger partial charge in [0, 0.05) is 16.5 Å². The third kappa shape index (κ3) is 1.98. The second-order valence-corrected chi connectivity index (χ2v) is 6.23. The van der Waals surface area contributed by atoms with Crippen LogP contribution < -0.4 is 10.5 Å². The van der Waals surface area contributed by atoms with Gasteiger partial charge >= 0.3 is 0 Å². The number of thiophene rings is 1. The van der Waals surface area contributed by atoms with Crippen LogP contribution in [0.3, 0.4) is 0 Å². The molecule has 0 amide bonds. The predicted octanol–water partition coefficient (Wildman–Crippen LogP) is 3.80. The molecule has 0 saturated carbocycles. The smallest absolute Gasteiger partial charge is 0.127 e. The van der Waals surface area contributed by atoms with Crippen molar-refractivity contribution in [3.8, 4) is 5.75 Å². The fraction of sp³-hybridized carbons (Fsp3) is 0.286. The summed E-state index contributed by atoms with van der Waals surface area (Å²) in [5.74, 6) is 0.983. The van der Waals surface area contributed by atoms with E-state index in [0.29, 0.717) is 0 Å². The van der Waals surface area contributed by atoms with Crippen LogP contribution in [0.5, 0.6) is 5.75 Å². The van der Waals surface area contributed by atoms with E-state index in [4.69, 9.17) is 10.5 Å². The Morgan fingerprint density at radius 2 is 2.17 bits per heavy atom. The molecule has 0 saturated heterocycles. The number of halogens is 1. The second kappa shape index (κ2) is 4.68. The lowest BCUT2D eigenvalue weighted by atomic mass is 9.96. The first-order valence-corrected chi connectivity index (χ1v) is 7.64. The molecular weight excluding hydrogens is 310 g/mol. The molecule has 0 fully saturated rings. The molecule has 1 aromatic carbocycles. The molecule has 1 atom stereocenters. The summed E-state index contributed by atoms with van der Waals surface area (Å²) in [7, 11) is 0. The first-order chi connectivity index (χ1) is 8.66. The number of nitrogens with two attached hydrogens (primary N) is 1. The lowest BCUT2D eigenvalue weighted by Crippen LogP contribution is -2.13. The average molecular weight is 324 g/mol. The molecule has 18 heavy (non-hydrogen) atoms. The van der Waals surface area contributed by atoms with Crippen molar-refractivity contribution < 1.29 is 4.74 Å². The van der Waals surface area contributed by atoms with E-state index in [1.165, 1.54) is 16.7 Å². The Morgan fingerprint density at radius 1 is 1.33 bits per heavy atom. The summed E-state index contributed by atoms with van der Waals surface area (Å²) in [5, 5.41) is 4.26. The number of hydrogen-bond acceptors (Lipinski definition) is 3. The van der Waals surface area contributed by atoms with E-state index in [2.05, 4.69) is 45.7 Å². The molecule has 0 radical (unpaired) electrons. The molecule has 94 valence electrons. The number of aryl methyl sites for hydroxylation is 1. The van der Waals surface area contributed by atoms with Gasteiger partial charge in [0.05, 0.1) is 12.6 Å². The summed E-state index contributed by atoms with van der Waals surface area (Å²) in [6.45, 7) is 2.86. The van der Waals surface area contributed by atoms with Gasteiger partial charge in [-0.25, -0.2) is 0 Å². The molecule has 0 aliphatic carbocycles. The third-order valence-electron chi connectivity index (χ3n) is 3.34. The average Bonchev–Trinajstić information content (AvgIpc) is 2.95. The van der Waals surface area contributed by atoms with Gasteiger partial charge in [-0.1, -0.05) is 15.9 Å². The summed E-state index contributed by atoms with van der Waals surface area (Å²) >= 11 is 5.25. The van der Waals surface area contributed by atoms with Crippen LogP contribution in [0, 0.1) is 6.92 Å². The van der Waals surface area contributed by atoms with Crippen LogP contribution >= 0.6 is 27.3 Å². The highest BCUT2D eigenvalue weighted by Crippen LogP contribution is 2.38. The van der Waals surface area contributed by atoms with Crippen LogP contribution in [0.2, 0.25) is 0 Å². The van der Waals surface area contributed by atoms with Gasteiger partial charge in [-0.15, -0.1) is 0 Å². The lowest BCUT2D eigenvalue weighted by Gasteiger charge is -2.16. The summed E-state index contributed by atoms with van der Waals surface area (Å²) in [5.41, 5.74) is 11.2. The molecule has 1 aliphatic rings. The van der Waals surface area contributed by atoms with Crippen molar-refractivity contribution in [3.63, 3.8) is 0 Å². The number of benzene rings is 1. The van der Waals surface area contributed by atoms with E-state index in [9.17, 15) is 0 Å². The Labute approximate surface area is 119 Å². The summed E-state index contributed by atoms with van der Waals surface area (Å²) in [4.78, 5) is 0. The van der Waals surface area contributed by atoms with Crippen LogP contribution in [-0.2, 0) is 6.42 Å². The molecule has 1 aliphatic heterocycles. The van der Waals surface area contributed by atoms with Crippen LogP contribution in [0.15, 0.2) is 27.4 Å². The van der Waals surface area contributed by atoms with Gasteiger partial charge in [0.15, 0.2) is 0 Å². The number of rotatable bonds is 2. The topological polar surface area (TPSA) is 35.2 Å². The first-order valence-electron chi connectivity index (χ1n) is 5.90. The zero-order valence-electron chi connectivity index (χ0n) is 10.1. The van der Waals surface area contributed by atoms with Crippen molar-refractivity contribution in [2.75, 3.05) is 6.61 Å². The Kier molecular flexibility index (Phi) is 3.18. The third-order valence-corrected chi connectivity index (χ3v) is 4.68. The van der Waals surface area contributed by atoms with Gasteiger partial charge in [0.25, 0.3) is 0 Å². The summed E-state index contributed by atoms with van der Waals surface area (Å²) in [6.07, 6.45) is 0.969. The van der Waals surface area contributed by atoms with Crippen molar-refractivity contribution in [3.05, 3.63) is 49.6 Å². The molecule has 0 bridgehead atoms. The number of ether oxygens (including phenoxy) is 1. The molecule has 2 N–H and O–H groups in total. The quantitative estimate of drug-likeness (QED) is 0.912. The maximum atomic E-state index is 6.41. The predicted molar refractivity (Wildman–Crippen MR) is 78.4 cm³/mol. The SMILES string of the molecule is Cc1cscc1C(N)c1cc(Br)cc2c1OCC2. The molecule has 1 unspecified atom stereocenters. The minimum Gasteiger partial charge on any atom is -0.493 e. The van der Waals surface area contributed by atoms with Crippen LogP contribution in [-0.4, -0.2) is 6.61 Å². The molecule has 2 heterocycles. The highest BCUT2D eigenvalue weighted by molar-refractivity contribution is 9.10. The van der Waals surface area contributed by atoms with Gasteiger partial charge in [0.1, 0.15) is 5.75 Å². The Bertz CT molecular complexity index is 593. The van der Waals surface area contributed by atoms with Crippen molar-refractivity contribution >= 4 is 27.3 Å². The van der Waals surface area contributed by atoms with E-state index in [1.807, 2.05) is 0 Å². The highest BCUT2D eigenvalue weighted by Gasteiger charge is 2.23. The zero-order valence-corrected chi connectivity index (χ0v) is 12.5. The first kappa shape index (κ1) is 12.2. The highest BCUT2D eigenvalue weighted by atomic mass is 79.9. The van der Waals surface area contributed by atoms with Crippen molar-refractivity contribution in [1.82, 2.24) is 0 Å². The van der Waals surface area contributed by atoms with Gasteiger partial charge in [-0.2, -0.15) is 11.3 Å². The maximum absolute atomic E-state index is 6.41. The fourth-order valence-corrected chi connectivity index (χ4v) is 3.80. The van der Waals surface area contributed by atoms with Gasteiger partial charge in [-0.3, -0.25) is 0 Å². The Morgan fingerprint density at radius 3 is 2.89 bits per heavy atom. The maximum Gasteiger partial charge on any atom is 0.127 e. The van der Waals surface area contributed by atoms with Crippen LogP contribution in [0.4, 0.5) is 0 Å². The molecule has 0 spiro atoms. The van der Waals surface area contributed by atoms with Crippen molar-refractivity contribution in [2.24, 2.45) is 5.73 Å². The minimum atomic E-state index is -0.111. The zero-order chi connectivity index (χ0) is 12.7. The molecule has 4 heteroatoms. The van der Waals surface area contributed by atoms with Gasteiger partial charge < -0.3 is 10.5 Å². The van der Waals surface area contributed by atoms with Gasteiger partial charge in [0.2, 0.25) is 0 Å². The molecular formula is C14H14BrNOS. The van der Waals surface area contributed by atoms with E-state index in [-0.39, 0.29) is 6.04 Å². The van der Waals surface area contributed by atoms with E-state index in [1.54, 1.807) is 11.3 Å². The fourth-order valence-electron chi connectivity index (χ4n) is 2.39. The van der Waals surface area contributed by atoms with Crippen molar-refractivity contribution in [2.45, 2.75) is 19.4 Å². The van der Waals surface area contributed by atoms with Gasteiger partial charge in [-0.05, 0) is 46.5 Å². The molecule has 1 aromatic heterocycles. The Balaban J connectivity index is 2.10. The van der Waals surface area contributed by atoms with Crippen LogP contribution in [0.1, 0.15) is 28.3 Å².